The van der Waals surface area contributed by atoms with E-state index in [1.54, 1.807) is 13.0 Å². The third-order valence-electron chi connectivity index (χ3n) is 2.16. The molecule has 0 bridgehead atoms. The second-order valence-electron chi connectivity index (χ2n) is 3.71. The predicted octanol–water partition coefficient (Wildman–Crippen LogP) is 2.33. The van der Waals surface area contributed by atoms with Crippen molar-refractivity contribution in [1.29, 1.82) is 0 Å². The van der Waals surface area contributed by atoms with Crippen LogP contribution in [0.4, 0.5) is 4.39 Å². The van der Waals surface area contributed by atoms with Crippen LogP contribution in [0.1, 0.15) is 23.6 Å². The summed E-state index contributed by atoms with van der Waals surface area (Å²) in [5.74, 6) is -0.133. The first-order valence-corrected chi connectivity index (χ1v) is 4.52. The van der Waals surface area contributed by atoms with E-state index < -0.39 is 0 Å². The Hall–Kier alpha value is -0.890. The van der Waals surface area contributed by atoms with Gasteiger partial charge in [0, 0.05) is 6.04 Å². The Labute approximate surface area is 78.8 Å². The van der Waals surface area contributed by atoms with Crippen LogP contribution in [-0.2, 0) is 6.42 Å². The Morgan fingerprint density at radius 3 is 2.46 bits per heavy atom. The Morgan fingerprint density at radius 1 is 1.31 bits per heavy atom. The molecule has 0 radical (unpaired) electrons. The molecular formula is C11H16FN. The largest absolute Gasteiger partial charge is 0.328 e. The number of halogens is 1. The lowest BCUT2D eigenvalue weighted by molar-refractivity contribution is 0.614. The molecule has 0 aliphatic rings. The fourth-order valence-electron chi connectivity index (χ4n) is 1.41. The van der Waals surface area contributed by atoms with E-state index in [1.165, 1.54) is 0 Å². The standard InChI is InChI=1S/C11H16FN/c1-7-5-11(12)8(2)4-10(7)6-9(3)13/h4-5,9H,6,13H2,1-3H3. The van der Waals surface area contributed by atoms with Crippen molar-refractivity contribution in [2.45, 2.75) is 33.2 Å². The molecule has 1 unspecified atom stereocenters. The monoisotopic (exact) mass is 181 g/mol. The van der Waals surface area contributed by atoms with Crippen molar-refractivity contribution in [2.24, 2.45) is 5.73 Å². The van der Waals surface area contributed by atoms with E-state index in [1.807, 2.05) is 19.9 Å². The van der Waals surface area contributed by atoms with Gasteiger partial charge in [-0.25, -0.2) is 4.39 Å². The molecule has 1 atom stereocenters. The lowest BCUT2D eigenvalue weighted by atomic mass is 10.00. The topological polar surface area (TPSA) is 26.0 Å². The summed E-state index contributed by atoms with van der Waals surface area (Å²) in [6.07, 6.45) is 0.812. The van der Waals surface area contributed by atoms with Gasteiger partial charge in [-0.1, -0.05) is 6.07 Å². The lowest BCUT2D eigenvalue weighted by Crippen LogP contribution is -2.18. The molecule has 0 saturated heterocycles. The summed E-state index contributed by atoms with van der Waals surface area (Å²) in [5, 5.41) is 0. The molecule has 0 aliphatic carbocycles. The zero-order chi connectivity index (χ0) is 10.0. The number of hydrogen-bond acceptors (Lipinski definition) is 1. The van der Waals surface area contributed by atoms with Gasteiger partial charge in [0.15, 0.2) is 0 Å². The van der Waals surface area contributed by atoms with E-state index in [9.17, 15) is 4.39 Å². The molecule has 0 heterocycles. The predicted molar refractivity (Wildman–Crippen MR) is 53.2 cm³/mol. The van der Waals surface area contributed by atoms with Crippen LogP contribution in [0.3, 0.4) is 0 Å². The summed E-state index contributed by atoms with van der Waals surface area (Å²) >= 11 is 0. The van der Waals surface area contributed by atoms with Crippen LogP contribution in [0.25, 0.3) is 0 Å². The van der Waals surface area contributed by atoms with Crippen LogP contribution in [0.2, 0.25) is 0 Å². The fraction of sp³-hybridized carbons (Fsp3) is 0.455. The van der Waals surface area contributed by atoms with Crippen molar-refractivity contribution in [1.82, 2.24) is 0 Å². The second-order valence-corrected chi connectivity index (χ2v) is 3.71. The number of aryl methyl sites for hydroxylation is 2. The number of rotatable bonds is 2. The molecule has 0 spiro atoms. The highest BCUT2D eigenvalue weighted by Gasteiger charge is 2.05. The van der Waals surface area contributed by atoms with Gasteiger partial charge in [0.25, 0.3) is 0 Å². The normalized spacial score (nSPS) is 13.0. The summed E-state index contributed by atoms with van der Waals surface area (Å²) in [7, 11) is 0. The minimum absolute atomic E-state index is 0.128. The van der Waals surface area contributed by atoms with Crippen molar-refractivity contribution < 1.29 is 4.39 Å². The molecule has 1 aromatic carbocycles. The highest BCUT2D eigenvalue weighted by atomic mass is 19.1. The second kappa shape index (κ2) is 3.88. The van der Waals surface area contributed by atoms with Crippen LogP contribution >= 0.6 is 0 Å². The highest BCUT2D eigenvalue weighted by Crippen LogP contribution is 2.15. The van der Waals surface area contributed by atoms with E-state index in [2.05, 4.69) is 0 Å². The Balaban J connectivity index is 3.01. The van der Waals surface area contributed by atoms with Crippen molar-refractivity contribution in [3.63, 3.8) is 0 Å². The zero-order valence-electron chi connectivity index (χ0n) is 8.39. The molecule has 0 aromatic heterocycles. The Morgan fingerprint density at radius 2 is 1.92 bits per heavy atom. The maximum atomic E-state index is 13.1. The summed E-state index contributed by atoms with van der Waals surface area (Å²) < 4.78 is 13.1. The number of nitrogens with two attached hydrogens (primary N) is 1. The van der Waals surface area contributed by atoms with E-state index in [-0.39, 0.29) is 11.9 Å². The Kier molecular flexibility index (Phi) is 3.04. The SMILES string of the molecule is Cc1cc(CC(C)N)c(C)cc1F. The highest BCUT2D eigenvalue weighted by molar-refractivity contribution is 5.32. The first kappa shape index (κ1) is 10.2. The van der Waals surface area contributed by atoms with E-state index in [4.69, 9.17) is 5.73 Å². The summed E-state index contributed by atoms with van der Waals surface area (Å²) in [4.78, 5) is 0. The van der Waals surface area contributed by atoms with Gasteiger partial charge in [-0.05, 0) is 49.9 Å². The average Bonchev–Trinajstić information content (AvgIpc) is 1.99. The molecule has 1 nitrogen and oxygen atoms in total. The summed E-state index contributed by atoms with van der Waals surface area (Å²) in [5.41, 5.74) is 8.52. The van der Waals surface area contributed by atoms with Crippen LogP contribution in [-0.4, -0.2) is 6.04 Å². The lowest BCUT2D eigenvalue weighted by Gasteiger charge is -2.10. The molecular weight excluding hydrogens is 165 g/mol. The van der Waals surface area contributed by atoms with Crippen molar-refractivity contribution in [3.05, 3.63) is 34.6 Å². The zero-order valence-corrected chi connectivity index (χ0v) is 8.39. The van der Waals surface area contributed by atoms with Gasteiger partial charge in [-0.2, -0.15) is 0 Å². The first-order chi connectivity index (χ1) is 6.00. The van der Waals surface area contributed by atoms with Crippen molar-refractivity contribution >= 4 is 0 Å². The van der Waals surface area contributed by atoms with Gasteiger partial charge in [0.05, 0.1) is 0 Å². The van der Waals surface area contributed by atoms with Crippen LogP contribution in [0.15, 0.2) is 12.1 Å². The van der Waals surface area contributed by atoms with Gasteiger partial charge in [-0.3, -0.25) is 0 Å². The molecule has 2 heteroatoms. The van der Waals surface area contributed by atoms with Crippen molar-refractivity contribution in [3.8, 4) is 0 Å². The Bertz CT molecular complexity index is 305. The third kappa shape index (κ3) is 2.52. The van der Waals surface area contributed by atoms with Gasteiger partial charge >= 0.3 is 0 Å². The molecule has 72 valence electrons. The molecule has 2 N–H and O–H groups in total. The first-order valence-electron chi connectivity index (χ1n) is 4.52. The molecule has 1 rings (SSSR count). The minimum Gasteiger partial charge on any atom is -0.328 e. The molecule has 0 amide bonds. The molecule has 1 aromatic rings. The number of hydrogen-bond donors (Lipinski definition) is 1. The number of benzene rings is 1. The van der Waals surface area contributed by atoms with Gasteiger partial charge < -0.3 is 5.73 Å². The summed E-state index contributed by atoms with van der Waals surface area (Å²) in [6, 6.07) is 3.59. The minimum atomic E-state index is -0.133. The van der Waals surface area contributed by atoms with E-state index in [0.29, 0.717) is 5.56 Å². The van der Waals surface area contributed by atoms with E-state index >= 15 is 0 Å². The van der Waals surface area contributed by atoms with Gasteiger partial charge in [-0.15, -0.1) is 0 Å². The average molecular weight is 181 g/mol. The summed E-state index contributed by atoms with van der Waals surface area (Å²) in [6.45, 7) is 5.65. The van der Waals surface area contributed by atoms with E-state index in [0.717, 1.165) is 17.5 Å². The van der Waals surface area contributed by atoms with Crippen LogP contribution < -0.4 is 5.73 Å². The molecule has 13 heavy (non-hydrogen) atoms. The third-order valence-corrected chi connectivity index (χ3v) is 2.16. The quantitative estimate of drug-likeness (QED) is 0.744. The maximum absolute atomic E-state index is 13.1. The van der Waals surface area contributed by atoms with Crippen LogP contribution in [0, 0.1) is 19.7 Å². The maximum Gasteiger partial charge on any atom is 0.126 e. The van der Waals surface area contributed by atoms with Gasteiger partial charge in [0.1, 0.15) is 5.82 Å². The van der Waals surface area contributed by atoms with Gasteiger partial charge in [0.2, 0.25) is 0 Å². The fourth-order valence-corrected chi connectivity index (χ4v) is 1.41. The molecule has 0 aliphatic heterocycles. The smallest absolute Gasteiger partial charge is 0.126 e. The van der Waals surface area contributed by atoms with Crippen molar-refractivity contribution in [2.75, 3.05) is 0 Å². The molecule has 0 fully saturated rings. The molecule has 0 saturated carbocycles. The van der Waals surface area contributed by atoms with Crippen LogP contribution in [0.5, 0.6) is 0 Å².